The summed E-state index contributed by atoms with van der Waals surface area (Å²) >= 11 is 0. The van der Waals surface area contributed by atoms with E-state index in [0.717, 1.165) is 49.7 Å². The fourth-order valence-corrected chi connectivity index (χ4v) is 5.79. The Morgan fingerprint density at radius 3 is 2.18 bits per heavy atom. The minimum Gasteiger partial charge on any atom is -0.377 e. The molecule has 0 amide bonds. The normalized spacial score (nSPS) is 14.6. The molecule has 4 nitrogen and oxygen atoms in total. The standard InChI is InChI=1S/C26H28F2N2O2S/c1-29(2)25-16-19-10-12-30(3)13-11-20(19)17-26(25)33(31,32)23-7-4-18(5-8-23)14-21-15-22(27)6-9-24(21)28/h4-9,15-17H,10-14H2,1-3H3. The lowest BCUT2D eigenvalue weighted by Crippen LogP contribution is -2.20. The molecule has 0 radical (unpaired) electrons. The van der Waals surface area contributed by atoms with E-state index >= 15 is 0 Å². The predicted molar refractivity (Wildman–Crippen MR) is 127 cm³/mol. The van der Waals surface area contributed by atoms with Crippen molar-refractivity contribution in [2.75, 3.05) is 39.1 Å². The van der Waals surface area contributed by atoms with Crippen LogP contribution < -0.4 is 4.90 Å². The van der Waals surface area contributed by atoms with Gasteiger partial charge >= 0.3 is 0 Å². The maximum atomic E-state index is 14.0. The summed E-state index contributed by atoms with van der Waals surface area (Å²) in [6, 6.07) is 13.6. The number of sulfone groups is 1. The van der Waals surface area contributed by atoms with Crippen LogP contribution in [0.4, 0.5) is 14.5 Å². The number of hydrogen-bond donors (Lipinski definition) is 0. The topological polar surface area (TPSA) is 40.6 Å². The van der Waals surface area contributed by atoms with Crippen LogP contribution in [0.25, 0.3) is 0 Å². The Morgan fingerprint density at radius 1 is 0.909 bits per heavy atom. The fourth-order valence-electron chi connectivity index (χ4n) is 4.23. The van der Waals surface area contributed by atoms with Gasteiger partial charge in [0.15, 0.2) is 0 Å². The van der Waals surface area contributed by atoms with E-state index in [1.54, 1.807) is 24.3 Å². The first kappa shape index (κ1) is 23.4. The van der Waals surface area contributed by atoms with Gasteiger partial charge in [-0.3, -0.25) is 0 Å². The van der Waals surface area contributed by atoms with Crippen molar-refractivity contribution in [2.24, 2.45) is 0 Å². The highest BCUT2D eigenvalue weighted by Gasteiger charge is 2.25. The summed E-state index contributed by atoms with van der Waals surface area (Å²) in [7, 11) is 2.00. The third kappa shape index (κ3) is 4.94. The van der Waals surface area contributed by atoms with Crippen molar-refractivity contribution in [3.05, 3.63) is 88.5 Å². The van der Waals surface area contributed by atoms with Gasteiger partial charge in [-0.05, 0) is 84.6 Å². The molecule has 0 fully saturated rings. The van der Waals surface area contributed by atoms with Crippen LogP contribution >= 0.6 is 0 Å². The van der Waals surface area contributed by atoms with Crippen LogP contribution in [0.1, 0.15) is 22.3 Å². The van der Waals surface area contributed by atoms with E-state index in [2.05, 4.69) is 11.9 Å². The summed E-state index contributed by atoms with van der Waals surface area (Å²) in [4.78, 5) is 4.56. The lowest BCUT2D eigenvalue weighted by Gasteiger charge is -2.21. The molecule has 0 N–H and O–H groups in total. The van der Waals surface area contributed by atoms with Gasteiger partial charge in [0.05, 0.1) is 15.5 Å². The van der Waals surface area contributed by atoms with Crippen LogP contribution in [-0.4, -0.2) is 47.6 Å². The molecule has 0 spiro atoms. The monoisotopic (exact) mass is 470 g/mol. The van der Waals surface area contributed by atoms with E-state index in [-0.39, 0.29) is 16.9 Å². The van der Waals surface area contributed by atoms with Crippen LogP contribution in [-0.2, 0) is 29.1 Å². The quantitative estimate of drug-likeness (QED) is 0.551. The van der Waals surface area contributed by atoms with Crippen LogP contribution in [0.5, 0.6) is 0 Å². The number of anilines is 1. The highest BCUT2D eigenvalue weighted by atomic mass is 32.2. The van der Waals surface area contributed by atoms with Crippen molar-refractivity contribution in [2.45, 2.75) is 29.1 Å². The number of rotatable bonds is 5. The Hall–Kier alpha value is -2.77. The maximum Gasteiger partial charge on any atom is 0.208 e. The molecule has 1 aliphatic rings. The Kier molecular flexibility index (Phi) is 6.54. The van der Waals surface area contributed by atoms with Gasteiger partial charge in [0.25, 0.3) is 0 Å². The molecule has 3 aromatic carbocycles. The number of halogens is 2. The second-order valence-electron chi connectivity index (χ2n) is 8.85. The van der Waals surface area contributed by atoms with Crippen LogP contribution in [0.3, 0.4) is 0 Å². The van der Waals surface area contributed by atoms with Crippen molar-refractivity contribution in [3.8, 4) is 0 Å². The van der Waals surface area contributed by atoms with Gasteiger partial charge in [0.1, 0.15) is 11.6 Å². The largest absolute Gasteiger partial charge is 0.377 e. The van der Waals surface area contributed by atoms with Crippen LogP contribution in [0.2, 0.25) is 0 Å². The Labute approximate surface area is 194 Å². The molecule has 0 saturated carbocycles. The maximum absolute atomic E-state index is 14.0. The zero-order valence-electron chi connectivity index (χ0n) is 19.1. The minimum atomic E-state index is -3.77. The summed E-state index contributed by atoms with van der Waals surface area (Å²) in [5, 5.41) is 0. The smallest absolute Gasteiger partial charge is 0.208 e. The third-order valence-corrected chi connectivity index (χ3v) is 8.01. The van der Waals surface area contributed by atoms with Gasteiger partial charge in [-0.1, -0.05) is 12.1 Å². The van der Waals surface area contributed by atoms with Crippen LogP contribution in [0.15, 0.2) is 64.4 Å². The molecule has 0 aliphatic carbocycles. The second kappa shape index (κ2) is 9.23. The van der Waals surface area contributed by atoms with Crippen molar-refractivity contribution < 1.29 is 17.2 Å². The lowest BCUT2D eigenvalue weighted by molar-refractivity contribution is 0.352. The second-order valence-corrected chi connectivity index (χ2v) is 10.8. The molecule has 174 valence electrons. The first-order chi connectivity index (χ1) is 15.6. The number of benzene rings is 3. The third-order valence-electron chi connectivity index (χ3n) is 6.21. The highest BCUT2D eigenvalue weighted by Crippen LogP contribution is 2.34. The van der Waals surface area contributed by atoms with Gasteiger partial charge in [-0.15, -0.1) is 0 Å². The molecular formula is C26H28F2N2O2S. The average molecular weight is 471 g/mol. The zero-order chi connectivity index (χ0) is 23.8. The lowest BCUT2D eigenvalue weighted by atomic mass is 10.0. The van der Waals surface area contributed by atoms with Gasteiger partial charge < -0.3 is 9.80 Å². The molecule has 1 heterocycles. The van der Waals surface area contributed by atoms with E-state index < -0.39 is 21.5 Å². The molecule has 0 unspecified atom stereocenters. The molecular weight excluding hydrogens is 442 g/mol. The SMILES string of the molecule is CN1CCc2cc(N(C)C)c(S(=O)(=O)c3ccc(Cc4cc(F)ccc4F)cc3)cc2CC1. The van der Waals surface area contributed by atoms with Crippen molar-refractivity contribution in [1.82, 2.24) is 4.90 Å². The number of nitrogens with zero attached hydrogens (tertiary/aromatic N) is 2. The summed E-state index contributed by atoms with van der Waals surface area (Å²) < 4.78 is 54.7. The summed E-state index contributed by atoms with van der Waals surface area (Å²) in [5.74, 6) is -0.990. The highest BCUT2D eigenvalue weighted by molar-refractivity contribution is 7.91. The van der Waals surface area contributed by atoms with Gasteiger partial charge in [0, 0.05) is 33.6 Å². The summed E-state index contributed by atoms with van der Waals surface area (Å²) in [6.07, 6.45) is 1.87. The summed E-state index contributed by atoms with van der Waals surface area (Å²) in [6.45, 7) is 1.83. The van der Waals surface area contributed by atoms with E-state index in [1.807, 2.05) is 31.1 Å². The number of likely N-dealkylation sites (N-methyl/N-ethyl adjacent to an activating group) is 1. The molecule has 0 bridgehead atoms. The van der Waals surface area contributed by atoms with Crippen molar-refractivity contribution in [3.63, 3.8) is 0 Å². The molecule has 0 saturated heterocycles. The van der Waals surface area contributed by atoms with E-state index in [0.29, 0.717) is 16.1 Å². The molecule has 33 heavy (non-hydrogen) atoms. The van der Waals surface area contributed by atoms with Crippen molar-refractivity contribution >= 4 is 15.5 Å². The van der Waals surface area contributed by atoms with Crippen LogP contribution in [0, 0.1) is 11.6 Å². The number of fused-ring (bicyclic) bond motifs is 1. The first-order valence-electron chi connectivity index (χ1n) is 10.9. The van der Waals surface area contributed by atoms with Gasteiger partial charge in [-0.2, -0.15) is 0 Å². The Bertz CT molecular complexity index is 1270. The fraction of sp³-hybridized carbons (Fsp3) is 0.308. The predicted octanol–water partition coefficient (Wildman–Crippen LogP) is 4.48. The first-order valence-corrected chi connectivity index (χ1v) is 12.4. The number of hydrogen-bond acceptors (Lipinski definition) is 4. The van der Waals surface area contributed by atoms with Gasteiger partial charge in [-0.25, -0.2) is 17.2 Å². The van der Waals surface area contributed by atoms with E-state index in [4.69, 9.17) is 0 Å². The molecule has 0 aromatic heterocycles. The molecule has 4 rings (SSSR count). The van der Waals surface area contributed by atoms with Gasteiger partial charge in [0.2, 0.25) is 9.84 Å². The molecule has 0 atom stereocenters. The molecule has 7 heteroatoms. The zero-order valence-corrected chi connectivity index (χ0v) is 19.9. The molecule has 3 aromatic rings. The van der Waals surface area contributed by atoms with Crippen molar-refractivity contribution in [1.29, 1.82) is 0 Å². The van der Waals surface area contributed by atoms with E-state index in [9.17, 15) is 17.2 Å². The summed E-state index contributed by atoms with van der Waals surface area (Å²) in [5.41, 5.74) is 3.87. The minimum absolute atomic E-state index is 0.180. The Balaban J connectivity index is 1.69. The molecule has 1 aliphatic heterocycles. The Morgan fingerprint density at radius 2 is 1.55 bits per heavy atom. The van der Waals surface area contributed by atoms with E-state index in [1.165, 1.54) is 5.56 Å². The average Bonchev–Trinajstić information content (AvgIpc) is 2.97.